The Hall–Kier alpha value is -1.40. The Bertz CT molecular complexity index is 646. The van der Waals surface area contributed by atoms with Crippen molar-refractivity contribution >= 4 is 24.0 Å². The molecule has 3 aliphatic rings. The van der Waals surface area contributed by atoms with E-state index in [0.29, 0.717) is 31.0 Å². The lowest BCUT2D eigenvalue weighted by Gasteiger charge is -2.33. The number of alkyl halides is 2. The number of amides is 1. The van der Waals surface area contributed by atoms with Crippen molar-refractivity contribution in [3.8, 4) is 5.75 Å². The van der Waals surface area contributed by atoms with E-state index in [4.69, 9.17) is 0 Å². The lowest BCUT2D eigenvalue weighted by Crippen LogP contribution is -2.41. The number of anilines is 1. The lowest BCUT2D eigenvalue weighted by atomic mass is 9.89. The zero-order valence-corrected chi connectivity index (χ0v) is 15.4. The first-order chi connectivity index (χ1) is 12.1. The highest BCUT2D eigenvalue weighted by Gasteiger charge is 2.35. The summed E-state index contributed by atoms with van der Waals surface area (Å²) >= 11 is 0. The van der Waals surface area contributed by atoms with Gasteiger partial charge in [0.25, 0.3) is 0 Å². The molecule has 1 aromatic rings. The number of aryl methyl sites for hydroxylation is 1. The molecule has 3 aliphatic heterocycles. The Balaban J connectivity index is 0.00000196. The molecule has 1 N–H and O–H groups in total. The third-order valence-electron chi connectivity index (χ3n) is 5.73. The molecule has 2 fully saturated rings. The summed E-state index contributed by atoms with van der Waals surface area (Å²) < 4.78 is 29.3. The lowest BCUT2D eigenvalue weighted by molar-refractivity contribution is -0.119. The zero-order chi connectivity index (χ0) is 17.4. The van der Waals surface area contributed by atoms with Gasteiger partial charge in [-0.25, -0.2) is 0 Å². The Labute approximate surface area is 158 Å². The van der Waals surface area contributed by atoms with Gasteiger partial charge in [0.05, 0.1) is 0 Å². The normalized spacial score (nSPS) is 27.0. The third kappa shape index (κ3) is 4.12. The van der Waals surface area contributed by atoms with E-state index < -0.39 is 6.61 Å². The number of fused-ring (bicyclic) bond motifs is 3. The number of nitrogens with one attached hydrogen (secondary N) is 1. The molecule has 144 valence electrons. The van der Waals surface area contributed by atoms with Gasteiger partial charge in [-0.15, -0.1) is 12.4 Å². The van der Waals surface area contributed by atoms with Gasteiger partial charge in [0.1, 0.15) is 5.75 Å². The second-order valence-electron chi connectivity index (χ2n) is 7.50. The summed E-state index contributed by atoms with van der Waals surface area (Å²) in [4.78, 5) is 14.7. The van der Waals surface area contributed by atoms with E-state index in [1.165, 1.54) is 18.9 Å². The van der Waals surface area contributed by atoms with Crippen molar-refractivity contribution in [1.29, 1.82) is 0 Å². The van der Waals surface area contributed by atoms with Crippen molar-refractivity contribution in [1.82, 2.24) is 5.32 Å². The average molecular weight is 387 g/mol. The van der Waals surface area contributed by atoms with E-state index in [0.717, 1.165) is 36.9 Å². The summed E-state index contributed by atoms with van der Waals surface area (Å²) in [7, 11) is 0. The fourth-order valence-electron chi connectivity index (χ4n) is 4.71. The number of carbonyl (C=O) groups excluding carboxylic acids is 1. The van der Waals surface area contributed by atoms with Crippen molar-refractivity contribution in [3.63, 3.8) is 0 Å². The van der Waals surface area contributed by atoms with Gasteiger partial charge in [-0.3, -0.25) is 4.79 Å². The number of benzene rings is 1. The standard InChI is InChI=1S/C19H24F2N2O2.ClH/c20-19(21)25-16-5-6-17-13(11-16)2-1-7-23(17)18(24)10-12-8-14-3-4-15(9-12)22-14;/h5-6,11-12,14-15,19,22H,1-4,7-10H2;1H. The number of carbonyl (C=O) groups is 1. The van der Waals surface area contributed by atoms with Crippen molar-refractivity contribution in [2.75, 3.05) is 11.4 Å². The second kappa shape index (κ2) is 8.09. The quantitative estimate of drug-likeness (QED) is 0.853. The summed E-state index contributed by atoms with van der Waals surface area (Å²) in [6.07, 6.45) is 6.87. The van der Waals surface area contributed by atoms with Crippen LogP contribution < -0.4 is 15.0 Å². The third-order valence-corrected chi connectivity index (χ3v) is 5.73. The Morgan fingerprint density at radius 1 is 1.27 bits per heavy atom. The first-order valence-corrected chi connectivity index (χ1v) is 9.22. The van der Waals surface area contributed by atoms with Gasteiger partial charge in [-0.05, 0) is 68.2 Å². The fourth-order valence-corrected chi connectivity index (χ4v) is 4.71. The number of ether oxygens (including phenoxy) is 1. The number of hydrogen-bond donors (Lipinski definition) is 1. The van der Waals surface area contributed by atoms with E-state index >= 15 is 0 Å². The summed E-state index contributed by atoms with van der Waals surface area (Å²) in [6, 6.07) is 6.09. The van der Waals surface area contributed by atoms with Crippen molar-refractivity contribution in [2.24, 2.45) is 5.92 Å². The van der Waals surface area contributed by atoms with E-state index in [1.807, 2.05) is 4.90 Å². The molecule has 3 heterocycles. The van der Waals surface area contributed by atoms with Crippen LogP contribution in [0.5, 0.6) is 5.75 Å². The van der Waals surface area contributed by atoms with Crippen LogP contribution in [0.25, 0.3) is 0 Å². The van der Waals surface area contributed by atoms with Crippen molar-refractivity contribution in [2.45, 2.75) is 63.6 Å². The molecule has 1 aromatic carbocycles. The molecule has 4 rings (SSSR count). The molecule has 0 aliphatic carbocycles. The predicted octanol–water partition coefficient (Wildman–Crippen LogP) is 3.91. The molecule has 2 saturated heterocycles. The number of rotatable bonds is 4. The highest BCUT2D eigenvalue weighted by molar-refractivity contribution is 5.94. The molecule has 1 amide bonds. The first-order valence-electron chi connectivity index (χ1n) is 9.22. The topological polar surface area (TPSA) is 41.6 Å². The van der Waals surface area contributed by atoms with Crippen LogP contribution in [0, 0.1) is 5.92 Å². The van der Waals surface area contributed by atoms with Crippen LogP contribution in [0.1, 0.15) is 44.1 Å². The Morgan fingerprint density at radius 3 is 2.69 bits per heavy atom. The molecule has 2 unspecified atom stereocenters. The molecule has 0 saturated carbocycles. The van der Waals surface area contributed by atoms with E-state index in [2.05, 4.69) is 10.1 Å². The van der Waals surface area contributed by atoms with Crippen LogP contribution in [-0.2, 0) is 11.2 Å². The van der Waals surface area contributed by atoms with Gasteiger partial charge in [0.2, 0.25) is 5.91 Å². The van der Waals surface area contributed by atoms with Crippen molar-refractivity contribution in [3.05, 3.63) is 23.8 Å². The number of nitrogens with zero attached hydrogens (tertiary/aromatic N) is 1. The minimum atomic E-state index is -2.82. The Morgan fingerprint density at radius 2 is 2.00 bits per heavy atom. The molecule has 4 nitrogen and oxygen atoms in total. The summed E-state index contributed by atoms with van der Waals surface area (Å²) in [5.41, 5.74) is 1.78. The van der Waals surface area contributed by atoms with Gasteiger partial charge in [-0.2, -0.15) is 8.78 Å². The molecule has 2 atom stereocenters. The highest BCUT2D eigenvalue weighted by Crippen LogP contribution is 2.35. The summed E-state index contributed by atoms with van der Waals surface area (Å²) in [6.45, 7) is -2.12. The average Bonchev–Trinajstić information content (AvgIpc) is 2.92. The van der Waals surface area contributed by atoms with Crippen LogP contribution >= 0.6 is 12.4 Å². The molecule has 26 heavy (non-hydrogen) atoms. The number of piperidine rings is 1. The van der Waals surface area contributed by atoms with Gasteiger partial charge in [0.15, 0.2) is 0 Å². The number of halogens is 3. The molecule has 0 aromatic heterocycles. The van der Waals surface area contributed by atoms with Crippen LogP contribution in [-0.4, -0.2) is 31.1 Å². The molecular formula is C19H25ClF2N2O2. The van der Waals surface area contributed by atoms with E-state index in [9.17, 15) is 13.6 Å². The maximum atomic E-state index is 12.9. The van der Waals surface area contributed by atoms with Gasteiger partial charge in [-0.1, -0.05) is 0 Å². The summed E-state index contributed by atoms with van der Waals surface area (Å²) in [5.74, 6) is 0.783. The molecule has 0 radical (unpaired) electrons. The zero-order valence-electron chi connectivity index (χ0n) is 14.6. The smallest absolute Gasteiger partial charge is 0.387 e. The monoisotopic (exact) mass is 386 g/mol. The molecule has 0 spiro atoms. The molecule has 7 heteroatoms. The van der Waals surface area contributed by atoms with Crippen LogP contribution in [0.15, 0.2) is 18.2 Å². The van der Waals surface area contributed by atoms with Crippen LogP contribution in [0.4, 0.5) is 14.5 Å². The highest BCUT2D eigenvalue weighted by atomic mass is 35.5. The van der Waals surface area contributed by atoms with Gasteiger partial charge < -0.3 is 15.0 Å². The maximum Gasteiger partial charge on any atom is 0.387 e. The Kier molecular flexibility index (Phi) is 6.03. The predicted molar refractivity (Wildman–Crippen MR) is 98.3 cm³/mol. The number of hydrogen-bond acceptors (Lipinski definition) is 3. The van der Waals surface area contributed by atoms with Crippen LogP contribution in [0.2, 0.25) is 0 Å². The second-order valence-corrected chi connectivity index (χ2v) is 7.50. The SMILES string of the molecule is Cl.O=C(CC1CC2CCC(C1)N2)N1CCCc2cc(OC(F)F)ccc21. The largest absolute Gasteiger partial charge is 0.435 e. The van der Waals surface area contributed by atoms with E-state index in [1.54, 1.807) is 12.1 Å². The summed E-state index contributed by atoms with van der Waals surface area (Å²) in [5, 5.41) is 3.61. The van der Waals surface area contributed by atoms with Crippen molar-refractivity contribution < 1.29 is 18.3 Å². The maximum absolute atomic E-state index is 12.9. The minimum Gasteiger partial charge on any atom is -0.435 e. The molecular weight excluding hydrogens is 362 g/mol. The fraction of sp³-hybridized carbons (Fsp3) is 0.632. The van der Waals surface area contributed by atoms with Gasteiger partial charge >= 0.3 is 6.61 Å². The first kappa shape index (κ1) is 19.4. The van der Waals surface area contributed by atoms with Gasteiger partial charge in [0, 0.05) is 30.7 Å². The molecule has 2 bridgehead atoms. The van der Waals surface area contributed by atoms with E-state index in [-0.39, 0.29) is 24.1 Å². The minimum absolute atomic E-state index is 0. The van der Waals surface area contributed by atoms with Crippen LogP contribution in [0.3, 0.4) is 0 Å².